The number of ether oxygens (including phenoxy) is 1. The number of carbonyl (C=O) groups excluding carboxylic acids is 2. The molecular formula is C20H22BrN3O5. The minimum atomic E-state index is -0.821. The van der Waals surface area contributed by atoms with Crippen molar-refractivity contribution in [2.24, 2.45) is 13.0 Å². The van der Waals surface area contributed by atoms with Crippen LogP contribution < -0.4 is 17.0 Å². The Kier molecular flexibility index (Phi) is 7.33. The number of halogens is 1. The molecule has 0 spiro atoms. The first-order valence-electron chi connectivity index (χ1n) is 8.84. The van der Waals surface area contributed by atoms with Crippen molar-refractivity contribution in [1.29, 1.82) is 0 Å². The second-order valence-corrected chi connectivity index (χ2v) is 7.75. The quantitative estimate of drug-likeness (QED) is 0.381. The van der Waals surface area contributed by atoms with Crippen molar-refractivity contribution in [3.05, 3.63) is 66.8 Å². The SMILES string of the molecule is CC(C)Cn1c(N)c(C(=O)COC(=O)C=Cc2cccc(Br)c2)c(=O)n(C)c1=O. The van der Waals surface area contributed by atoms with E-state index in [1.54, 1.807) is 12.1 Å². The number of ketones is 1. The average molecular weight is 464 g/mol. The molecule has 1 aromatic carbocycles. The Morgan fingerprint density at radius 3 is 2.59 bits per heavy atom. The number of rotatable bonds is 7. The summed E-state index contributed by atoms with van der Waals surface area (Å²) in [5.41, 5.74) is 4.90. The normalized spacial score (nSPS) is 11.2. The van der Waals surface area contributed by atoms with Crippen molar-refractivity contribution >= 4 is 39.6 Å². The number of nitrogens with zero attached hydrogens (tertiary/aromatic N) is 2. The van der Waals surface area contributed by atoms with Crippen LogP contribution in [0.25, 0.3) is 6.08 Å². The lowest BCUT2D eigenvalue weighted by atomic mass is 10.1. The summed E-state index contributed by atoms with van der Waals surface area (Å²) in [5.74, 6) is -1.68. The van der Waals surface area contributed by atoms with Gasteiger partial charge >= 0.3 is 11.7 Å². The molecule has 0 aliphatic carbocycles. The smallest absolute Gasteiger partial charge is 0.332 e. The molecule has 29 heavy (non-hydrogen) atoms. The molecule has 154 valence electrons. The van der Waals surface area contributed by atoms with Gasteiger partial charge in [-0.15, -0.1) is 0 Å². The topological polar surface area (TPSA) is 113 Å². The van der Waals surface area contributed by atoms with Crippen molar-refractivity contribution in [2.45, 2.75) is 20.4 Å². The Bertz CT molecular complexity index is 1080. The Hall–Kier alpha value is -2.94. The van der Waals surface area contributed by atoms with Gasteiger partial charge in [-0.05, 0) is 29.7 Å². The Balaban J connectivity index is 2.18. The van der Waals surface area contributed by atoms with E-state index in [9.17, 15) is 19.2 Å². The Labute approximate surface area is 175 Å². The van der Waals surface area contributed by atoms with Gasteiger partial charge < -0.3 is 10.5 Å². The molecule has 9 heteroatoms. The van der Waals surface area contributed by atoms with Gasteiger partial charge in [-0.2, -0.15) is 0 Å². The third kappa shape index (κ3) is 5.54. The van der Waals surface area contributed by atoms with Crippen LogP contribution in [0.3, 0.4) is 0 Å². The monoisotopic (exact) mass is 463 g/mol. The van der Waals surface area contributed by atoms with E-state index in [-0.39, 0.29) is 23.8 Å². The molecule has 1 heterocycles. The van der Waals surface area contributed by atoms with Crippen molar-refractivity contribution in [2.75, 3.05) is 12.3 Å². The lowest BCUT2D eigenvalue weighted by Crippen LogP contribution is -2.43. The summed E-state index contributed by atoms with van der Waals surface area (Å²) in [5, 5.41) is 0. The number of esters is 1. The van der Waals surface area contributed by atoms with E-state index in [4.69, 9.17) is 10.5 Å². The summed E-state index contributed by atoms with van der Waals surface area (Å²) in [6, 6.07) is 7.25. The third-order valence-electron chi connectivity index (χ3n) is 4.02. The molecule has 1 aromatic heterocycles. The fourth-order valence-corrected chi connectivity index (χ4v) is 3.04. The molecule has 8 nitrogen and oxygen atoms in total. The van der Waals surface area contributed by atoms with Gasteiger partial charge in [0.2, 0.25) is 5.78 Å². The maximum Gasteiger partial charge on any atom is 0.332 e. The van der Waals surface area contributed by atoms with Crippen LogP contribution in [0.5, 0.6) is 0 Å². The fourth-order valence-electron chi connectivity index (χ4n) is 2.62. The van der Waals surface area contributed by atoms with E-state index in [1.807, 2.05) is 26.0 Å². The first-order chi connectivity index (χ1) is 13.6. The van der Waals surface area contributed by atoms with Gasteiger partial charge in [0.25, 0.3) is 5.56 Å². The zero-order valence-corrected chi connectivity index (χ0v) is 17.9. The van der Waals surface area contributed by atoms with E-state index >= 15 is 0 Å². The molecule has 2 N–H and O–H groups in total. The summed E-state index contributed by atoms with van der Waals surface area (Å²) in [6.45, 7) is 3.32. The van der Waals surface area contributed by atoms with Gasteiger partial charge in [0.05, 0.1) is 0 Å². The van der Waals surface area contributed by atoms with E-state index < -0.39 is 29.6 Å². The number of benzene rings is 1. The first kappa shape index (κ1) is 22.4. The van der Waals surface area contributed by atoms with Crippen LogP contribution >= 0.6 is 15.9 Å². The number of nitrogen functional groups attached to an aromatic ring is 1. The number of hydrogen-bond donors (Lipinski definition) is 1. The van der Waals surface area contributed by atoms with Crippen molar-refractivity contribution in [1.82, 2.24) is 9.13 Å². The van der Waals surface area contributed by atoms with Crippen LogP contribution in [0, 0.1) is 5.92 Å². The molecule has 0 aliphatic rings. The third-order valence-corrected chi connectivity index (χ3v) is 4.51. The van der Waals surface area contributed by atoms with Gasteiger partial charge in [0.15, 0.2) is 6.61 Å². The number of hydrogen-bond acceptors (Lipinski definition) is 6. The highest BCUT2D eigenvalue weighted by atomic mass is 79.9. The molecule has 0 unspecified atom stereocenters. The average Bonchev–Trinajstić information content (AvgIpc) is 2.66. The second kappa shape index (κ2) is 9.51. The molecular weight excluding hydrogens is 442 g/mol. The highest BCUT2D eigenvalue weighted by Gasteiger charge is 2.22. The Morgan fingerprint density at radius 2 is 1.97 bits per heavy atom. The second-order valence-electron chi connectivity index (χ2n) is 6.83. The standard InChI is InChI=1S/C20H22BrN3O5/c1-12(2)10-24-18(22)17(19(27)23(3)20(24)28)15(25)11-29-16(26)8-7-13-5-4-6-14(21)9-13/h4-9,12H,10-11,22H2,1-3H3. The highest BCUT2D eigenvalue weighted by Crippen LogP contribution is 2.13. The highest BCUT2D eigenvalue weighted by molar-refractivity contribution is 9.10. The number of carbonyl (C=O) groups is 2. The number of nitrogens with two attached hydrogens (primary N) is 1. The number of Topliss-reactive ketones (excluding diaryl/α,β-unsaturated/α-hetero) is 1. The number of anilines is 1. The first-order valence-corrected chi connectivity index (χ1v) is 9.64. The van der Waals surface area contributed by atoms with Gasteiger partial charge in [-0.3, -0.25) is 18.7 Å². The van der Waals surface area contributed by atoms with Crippen molar-refractivity contribution in [3.63, 3.8) is 0 Å². The predicted molar refractivity (Wildman–Crippen MR) is 114 cm³/mol. The van der Waals surface area contributed by atoms with E-state index in [0.717, 1.165) is 14.6 Å². The van der Waals surface area contributed by atoms with E-state index in [1.165, 1.54) is 23.8 Å². The maximum absolute atomic E-state index is 12.5. The van der Waals surface area contributed by atoms with Gasteiger partial charge in [-0.25, -0.2) is 9.59 Å². The summed E-state index contributed by atoms with van der Waals surface area (Å²) in [6.07, 6.45) is 2.71. The minimum absolute atomic E-state index is 0.0662. The van der Waals surface area contributed by atoms with E-state index in [2.05, 4.69) is 15.9 Å². The van der Waals surface area contributed by atoms with Gasteiger partial charge in [-0.1, -0.05) is 41.9 Å². The molecule has 0 fully saturated rings. The van der Waals surface area contributed by atoms with Gasteiger partial charge in [0.1, 0.15) is 11.4 Å². The van der Waals surface area contributed by atoms with Crippen molar-refractivity contribution < 1.29 is 14.3 Å². The molecule has 0 saturated heterocycles. The zero-order chi connectivity index (χ0) is 21.7. The maximum atomic E-state index is 12.5. The van der Waals surface area contributed by atoms with Crippen LogP contribution in [0.2, 0.25) is 0 Å². The van der Waals surface area contributed by atoms with Crippen LogP contribution in [-0.2, 0) is 23.1 Å². The van der Waals surface area contributed by atoms with Crippen LogP contribution in [-0.4, -0.2) is 27.5 Å². The van der Waals surface area contributed by atoms with E-state index in [0.29, 0.717) is 0 Å². The Morgan fingerprint density at radius 1 is 1.28 bits per heavy atom. The summed E-state index contributed by atoms with van der Waals surface area (Å²) < 4.78 is 7.78. The molecule has 0 radical (unpaired) electrons. The number of aromatic nitrogens is 2. The molecule has 2 aromatic rings. The summed E-state index contributed by atoms with van der Waals surface area (Å²) in [7, 11) is 1.27. The lowest BCUT2D eigenvalue weighted by Gasteiger charge is -2.16. The zero-order valence-electron chi connectivity index (χ0n) is 16.3. The van der Waals surface area contributed by atoms with Gasteiger partial charge in [0, 0.05) is 24.1 Å². The van der Waals surface area contributed by atoms with Crippen LogP contribution in [0.15, 0.2) is 44.4 Å². The predicted octanol–water partition coefficient (Wildman–Crippen LogP) is 1.99. The summed E-state index contributed by atoms with van der Waals surface area (Å²) >= 11 is 3.33. The van der Waals surface area contributed by atoms with Crippen LogP contribution in [0.1, 0.15) is 29.8 Å². The fraction of sp³-hybridized carbons (Fsp3) is 0.300. The lowest BCUT2D eigenvalue weighted by molar-refractivity contribution is -0.136. The molecule has 0 bridgehead atoms. The molecule has 0 aliphatic heterocycles. The summed E-state index contributed by atoms with van der Waals surface area (Å²) in [4.78, 5) is 49.0. The molecule has 0 saturated carbocycles. The molecule has 0 amide bonds. The minimum Gasteiger partial charge on any atom is -0.454 e. The van der Waals surface area contributed by atoms with Crippen LogP contribution in [0.4, 0.5) is 5.82 Å². The largest absolute Gasteiger partial charge is 0.454 e. The molecule has 0 atom stereocenters. The molecule has 2 rings (SSSR count). The van der Waals surface area contributed by atoms with Crippen molar-refractivity contribution in [3.8, 4) is 0 Å².